The summed E-state index contributed by atoms with van der Waals surface area (Å²) in [6.45, 7) is 4.66. The van der Waals surface area contributed by atoms with Gasteiger partial charge in [0.1, 0.15) is 0 Å². The van der Waals surface area contributed by atoms with E-state index in [0.717, 1.165) is 64.2 Å². The average molecular weight is 779 g/mol. The Balaban J connectivity index is 0.000000540. The molecule has 0 aromatic carbocycles. The fraction of sp³-hybridized carbons (Fsp3) is 0.800. The molecule has 0 aromatic heterocycles. The number of nitrogens with zero attached hydrogens (tertiary/aromatic N) is 2. The van der Waals surface area contributed by atoms with E-state index >= 15 is 0 Å². The van der Waals surface area contributed by atoms with Crippen LogP contribution in [0.15, 0.2) is 24.3 Å². The highest BCUT2D eigenvalue weighted by atomic mass is 19.3. The number of amides is 2. The minimum atomic E-state index is -3.34. The number of aliphatic hydroxyl groups is 2. The summed E-state index contributed by atoms with van der Waals surface area (Å²) in [6.07, 6.45) is 17.2. The second-order valence-corrected chi connectivity index (χ2v) is 14.3. The first-order valence-corrected chi connectivity index (χ1v) is 19.9. The number of hydrogen-bond donors (Lipinski definition) is 2. The number of carbonyl (C=O) groups excluding carboxylic acids is 4. The molecule has 2 aliphatic heterocycles. The molecule has 0 spiro atoms. The molecule has 0 radical (unpaired) electrons. The number of aliphatic hydroxyl groups excluding tert-OH is 2. The molecule has 54 heavy (non-hydrogen) atoms. The molecule has 2 amide bonds. The number of esters is 2. The molecule has 2 aliphatic rings. The molecule has 312 valence electrons. The van der Waals surface area contributed by atoms with Gasteiger partial charge in [0.05, 0.1) is 38.5 Å². The molecule has 2 fully saturated rings. The van der Waals surface area contributed by atoms with Crippen LogP contribution in [-0.2, 0) is 28.7 Å². The smallest absolute Gasteiger partial charge is 0.327 e. The molecule has 0 aromatic rings. The van der Waals surface area contributed by atoms with Crippen LogP contribution in [0, 0.1) is 0 Å². The van der Waals surface area contributed by atoms with Crippen LogP contribution >= 0.6 is 0 Å². The van der Waals surface area contributed by atoms with E-state index in [1.807, 2.05) is 0 Å². The predicted molar refractivity (Wildman–Crippen MR) is 199 cm³/mol. The Morgan fingerprint density at radius 2 is 1.00 bits per heavy atom. The normalized spacial score (nSPS) is 20.4. The summed E-state index contributed by atoms with van der Waals surface area (Å²) in [4.78, 5) is 48.4. The van der Waals surface area contributed by atoms with Crippen molar-refractivity contribution in [2.45, 2.75) is 178 Å². The Hall–Kier alpha value is -3.00. The van der Waals surface area contributed by atoms with Crippen molar-refractivity contribution in [3.63, 3.8) is 0 Å². The van der Waals surface area contributed by atoms with Crippen LogP contribution in [0.4, 0.5) is 17.6 Å². The second-order valence-electron chi connectivity index (χ2n) is 14.3. The standard InChI is InChI=1S/2C20H33F2NO4/c2*1-3-4-7-10-17(24)13-12-16-15-20(21,22)19(26)23(16)14-9-6-5-8-11-18(25)27-2/h2*12-13,16-17,24H,3-11,14-15H2,1-2H3/b2*13-12+/t16-,17+;16-,17-/m00/s1. The van der Waals surface area contributed by atoms with E-state index in [9.17, 15) is 47.0 Å². The molecule has 2 N–H and O–H groups in total. The van der Waals surface area contributed by atoms with Crippen molar-refractivity contribution in [2.24, 2.45) is 0 Å². The van der Waals surface area contributed by atoms with Gasteiger partial charge in [-0.25, -0.2) is 0 Å². The van der Waals surface area contributed by atoms with Crippen molar-refractivity contribution in [3.05, 3.63) is 24.3 Å². The van der Waals surface area contributed by atoms with Gasteiger partial charge in [0, 0.05) is 38.8 Å². The van der Waals surface area contributed by atoms with Crippen LogP contribution < -0.4 is 0 Å². The number of hydrogen-bond acceptors (Lipinski definition) is 8. The Morgan fingerprint density at radius 3 is 1.33 bits per heavy atom. The largest absolute Gasteiger partial charge is 0.469 e. The lowest BCUT2D eigenvalue weighted by Crippen LogP contribution is -2.36. The first kappa shape index (κ1) is 49.0. The first-order chi connectivity index (χ1) is 25.6. The van der Waals surface area contributed by atoms with E-state index in [-0.39, 0.29) is 25.0 Å². The van der Waals surface area contributed by atoms with Crippen LogP contribution in [0.25, 0.3) is 0 Å². The van der Waals surface area contributed by atoms with Gasteiger partial charge in [0.25, 0.3) is 11.8 Å². The Morgan fingerprint density at radius 1 is 0.648 bits per heavy atom. The van der Waals surface area contributed by atoms with E-state index in [1.54, 1.807) is 24.3 Å². The number of likely N-dealkylation sites (tertiary alicyclic amines) is 2. The van der Waals surface area contributed by atoms with E-state index in [1.165, 1.54) is 24.0 Å². The van der Waals surface area contributed by atoms with E-state index in [2.05, 4.69) is 23.3 Å². The number of halogens is 4. The average Bonchev–Trinajstić information content (AvgIpc) is 3.49. The first-order valence-electron chi connectivity index (χ1n) is 19.9. The summed E-state index contributed by atoms with van der Waals surface area (Å²) in [5.74, 6) is -9.46. The van der Waals surface area contributed by atoms with Gasteiger partial charge >= 0.3 is 23.8 Å². The maximum atomic E-state index is 13.8. The minimum absolute atomic E-state index is 0.257. The van der Waals surface area contributed by atoms with Crippen molar-refractivity contribution in [1.29, 1.82) is 0 Å². The molecule has 0 unspecified atom stereocenters. The fourth-order valence-corrected chi connectivity index (χ4v) is 6.45. The Labute approximate surface area is 319 Å². The second kappa shape index (κ2) is 26.7. The van der Waals surface area contributed by atoms with E-state index < -0.39 is 60.8 Å². The molecule has 2 rings (SSSR count). The number of rotatable bonds is 26. The van der Waals surface area contributed by atoms with Gasteiger partial charge in [-0.05, 0) is 38.5 Å². The highest BCUT2D eigenvalue weighted by Gasteiger charge is 2.53. The molecule has 4 atom stereocenters. The molecule has 10 nitrogen and oxygen atoms in total. The Kier molecular flexibility index (Phi) is 24.3. The number of unbranched alkanes of at least 4 members (excludes halogenated alkanes) is 10. The van der Waals surface area contributed by atoms with Gasteiger partial charge in [-0.3, -0.25) is 19.2 Å². The van der Waals surface area contributed by atoms with Gasteiger partial charge in [0.2, 0.25) is 0 Å². The van der Waals surface area contributed by atoms with Gasteiger partial charge in [-0.15, -0.1) is 0 Å². The number of methoxy groups -OCH3 is 2. The highest BCUT2D eigenvalue weighted by Crippen LogP contribution is 2.35. The zero-order valence-electron chi connectivity index (χ0n) is 32.9. The summed E-state index contributed by atoms with van der Waals surface area (Å²) in [6, 6.07) is -1.35. The monoisotopic (exact) mass is 778 g/mol. The van der Waals surface area contributed by atoms with Gasteiger partial charge in [-0.2, -0.15) is 17.6 Å². The van der Waals surface area contributed by atoms with Crippen molar-refractivity contribution in [1.82, 2.24) is 9.80 Å². The summed E-state index contributed by atoms with van der Waals surface area (Å²) in [7, 11) is 2.69. The summed E-state index contributed by atoms with van der Waals surface area (Å²) in [5, 5.41) is 19.9. The van der Waals surface area contributed by atoms with Crippen LogP contribution in [0.5, 0.6) is 0 Å². The molecule has 0 aliphatic carbocycles. The minimum Gasteiger partial charge on any atom is -0.469 e. The third-order valence-electron chi connectivity index (χ3n) is 9.71. The van der Waals surface area contributed by atoms with E-state index in [4.69, 9.17) is 0 Å². The molecule has 0 bridgehead atoms. The van der Waals surface area contributed by atoms with Gasteiger partial charge < -0.3 is 29.5 Å². The highest BCUT2D eigenvalue weighted by molar-refractivity contribution is 5.87. The van der Waals surface area contributed by atoms with Gasteiger partial charge in [0.15, 0.2) is 0 Å². The number of carbonyl (C=O) groups is 4. The van der Waals surface area contributed by atoms with Crippen LogP contribution in [0.1, 0.15) is 142 Å². The molecule has 0 saturated carbocycles. The lowest BCUT2D eigenvalue weighted by Gasteiger charge is -2.22. The molecular formula is C40H66F4N2O8. The molecular weight excluding hydrogens is 712 g/mol. The van der Waals surface area contributed by atoms with Crippen molar-refractivity contribution in [3.8, 4) is 0 Å². The zero-order valence-corrected chi connectivity index (χ0v) is 32.9. The van der Waals surface area contributed by atoms with E-state index in [0.29, 0.717) is 51.4 Å². The third kappa shape index (κ3) is 19.0. The molecule has 2 saturated heterocycles. The van der Waals surface area contributed by atoms with Crippen molar-refractivity contribution >= 4 is 23.8 Å². The van der Waals surface area contributed by atoms with Crippen LogP contribution in [-0.4, -0.2) is 107 Å². The fourth-order valence-electron chi connectivity index (χ4n) is 6.45. The zero-order chi connectivity index (χ0) is 40.6. The van der Waals surface area contributed by atoms with Gasteiger partial charge in [-0.1, -0.05) is 102 Å². The number of ether oxygens (including phenoxy) is 2. The lowest BCUT2D eigenvalue weighted by atomic mass is 10.1. The lowest BCUT2D eigenvalue weighted by molar-refractivity contribution is -0.148. The molecule has 14 heteroatoms. The SMILES string of the molecule is CCCCC[C@@H](O)/C=C/[C@H]1CC(F)(F)C(=O)N1CCCCCCC(=O)OC.CCCCC[C@H](O)/C=C/[C@H]1CC(F)(F)C(=O)N1CCCCCCC(=O)OC. The number of alkyl halides is 4. The topological polar surface area (TPSA) is 134 Å². The third-order valence-corrected chi connectivity index (χ3v) is 9.71. The van der Waals surface area contributed by atoms with Crippen LogP contribution in [0.2, 0.25) is 0 Å². The Bertz CT molecular complexity index is 1080. The summed E-state index contributed by atoms with van der Waals surface area (Å²) >= 11 is 0. The van der Waals surface area contributed by atoms with Crippen LogP contribution in [0.3, 0.4) is 0 Å². The molecule has 2 heterocycles. The maximum Gasteiger partial charge on any atom is 0.327 e. The van der Waals surface area contributed by atoms with Crippen molar-refractivity contribution in [2.75, 3.05) is 27.3 Å². The van der Waals surface area contributed by atoms with Crippen molar-refractivity contribution < 1.29 is 56.4 Å². The quantitative estimate of drug-likeness (QED) is 0.0396. The summed E-state index contributed by atoms with van der Waals surface area (Å²) < 4.78 is 64.4. The summed E-state index contributed by atoms with van der Waals surface area (Å²) in [5.41, 5.74) is 0. The maximum absolute atomic E-state index is 13.8. The predicted octanol–water partition coefficient (Wildman–Crippen LogP) is 7.69.